The highest BCUT2D eigenvalue weighted by atomic mass is 35.5. The number of nitrogens with zero attached hydrogens (tertiary/aromatic N) is 2. The van der Waals surface area contributed by atoms with E-state index in [1.165, 1.54) is 56.9 Å². The van der Waals surface area contributed by atoms with Crippen molar-refractivity contribution >= 4 is 24.3 Å². The van der Waals surface area contributed by atoms with Gasteiger partial charge >= 0.3 is 0 Å². The minimum absolute atomic E-state index is 0. The molecule has 1 heterocycles. The van der Waals surface area contributed by atoms with Crippen LogP contribution in [-0.2, 0) is 6.42 Å². The SMILES string of the molecule is CCCCCCCCCCNC1=NCN=C(NCCc2ccc(OC)cc2)N1.Cl. The fourth-order valence-corrected chi connectivity index (χ4v) is 3.15. The van der Waals surface area contributed by atoms with Gasteiger partial charge in [-0.3, -0.25) is 5.32 Å². The molecule has 1 aromatic rings. The van der Waals surface area contributed by atoms with Crippen molar-refractivity contribution in [3.63, 3.8) is 0 Å². The fraction of sp³-hybridized carbons (Fsp3) is 0.636. The molecule has 7 heteroatoms. The van der Waals surface area contributed by atoms with E-state index in [4.69, 9.17) is 4.74 Å². The molecule has 0 radical (unpaired) electrons. The van der Waals surface area contributed by atoms with Gasteiger partial charge in [0.2, 0.25) is 0 Å². The summed E-state index contributed by atoms with van der Waals surface area (Å²) in [6.07, 6.45) is 11.6. The lowest BCUT2D eigenvalue weighted by Crippen LogP contribution is -2.49. The third-order valence-electron chi connectivity index (χ3n) is 4.88. The summed E-state index contributed by atoms with van der Waals surface area (Å²) in [5, 5.41) is 9.98. The maximum atomic E-state index is 5.19. The van der Waals surface area contributed by atoms with Crippen molar-refractivity contribution in [2.24, 2.45) is 9.98 Å². The van der Waals surface area contributed by atoms with E-state index in [2.05, 4.69) is 45.0 Å². The molecule has 29 heavy (non-hydrogen) atoms. The quantitative estimate of drug-likeness (QED) is 0.415. The zero-order valence-electron chi connectivity index (χ0n) is 18.0. The molecule has 0 aromatic heterocycles. The zero-order valence-corrected chi connectivity index (χ0v) is 18.8. The predicted octanol–water partition coefficient (Wildman–Crippen LogP) is 4.25. The Morgan fingerprint density at radius 2 is 1.45 bits per heavy atom. The third kappa shape index (κ3) is 11.0. The highest BCUT2D eigenvalue weighted by molar-refractivity contribution is 5.99. The summed E-state index contributed by atoms with van der Waals surface area (Å²) in [4.78, 5) is 8.76. The summed E-state index contributed by atoms with van der Waals surface area (Å²) < 4.78 is 5.19. The molecule has 1 aliphatic heterocycles. The second-order valence-corrected chi connectivity index (χ2v) is 7.21. The average Bonchev–Trinajstić information content (AvgIpc) is 2.73. The molecule has 0 spiro atoms. The summed E-state index contributed by atoms with van der Waals surface area (Å²) in [6, 6.07) is 8.17. The van der Waals surface area contributed by atoms with Crippen molar-refractivity contribution in [3.8, 4) is 5.75 Å². The summed E-state index contributed by atoms with van der Waals surface area (Å²) >= 11 is 0. The van der Waals surface area contributed by atoms with E-state index in [0.29, 0.717) is 6.67 Å². The smallest absolute Gasteiger partial charge is 0.200 e. The van der Waals surface area contributed by atoms with E-state index in [9.17, 15) is 0 Å². The molecule has 2 rings (SSSR count). The van der Waals surface area contributed by atoms with Gasteiger partial charge in [-0.2, -0.15) is 0 Å². The molecule has 0 aliphatic carbocycles. The molecule has 0 unspecified atom stereocenters. The first kappa shape index (κ1) is 25.1. The first-order chi connectivity index (χ1) is 13.8. The van der Waals surface area contributed by atoms with Gasteiger partial charge in [-0.15, -0.1) is 12.4 Å². The monoisotopic (exact) mass is 423 g/mol. The van der Waals surface area contributed by atoms with E-state index in [1.807, 2.05) is 12.1 Å². The molecule has 0 atom stereocenters. The molecule has 0 saturated carbocycles. The first-order valence-electron chi connectivity index (χ1n) is 10.8. The maximum Gasteiger partial charge on any atom is 0.200 e. The predicted molar refractivity (Wildman–Crippen MR) is 125 cm³/mol. The average molecular weight is 424 g/mol. The van der Waals surface area contributed by atoms with Crippen molar-refractivity contribution in [3.05, 3.63) is 29.8 Å². The molecule has 1 aliphatic rings. The standard InChI is InChI=1S/C22H37N5O.ClH/c1-3-4-5-6-7-8-9-10-16-23-21-25-18-26-22(27-21)24-17-15-19-11-13-20(28-2)14-12-19;/h11-14H,3-10,15-18H2,1-2H3,(H3,23,24,25,26,27);1H. The van der Waals surface area contributed by atoms with Gasteiger partial charge in [0.15, 0.2) is 11.9 Å². The van der Waals surface area contributed by atoms with E-state index >= 15 is 0 Å². The van der Waals surface area contributed by atoms with Gasteiger partial charge in [0, 0.05) is 13.1 Å². The van der Waals surface area contributed by atoms with Crippen LogP contribution in [0.4, 0.5) is 0 Å². The number of rotatable bonds is 13. The third-order valence-corrected chi connectivity index (χ3v) is 4.88. The number of benzene rings is 1. The molecule has 3 N–H and O–H groups in total. The molecule has 0 fully saturated rings. The van der Waals surface area contributed by atoms with Crippen molar-refractivity contribution in [2.45, 2.75) is 64.7 Å². The van der Waals surface area contributed by atoms with Gasteiger partial charge in [0.25, 0.3) is 0 Å². The van der Waals surface area contributed by atoms with Crippen LogP contribution < -0.4 is 20.7 Å². The van der Waals surface area contributed by atoms with Gasteiger partial charge in [0.1, 0.15) is 12.4 Å². The Morgan fingerprint density at radius 1 is 0.862 bits per heavy atom. The summed E-state index contributed by atoms with van der Waals surface area (Å²) in [6.45, 7) is 4.52. The van der Waals surface area contributed by atoms with Crippen LogP contribution in [0.5, 0.6) is 5.75 Å². The van der Waals surface area contributed by atoms with E-state index in [1.54, 1.807) is 7.11 Å². The van der Waals surface area contributed by atoms with Crippen molar-refractivity contribution in [1.29, 1.82) is 0 Å². The maximum absolute atomic E-state index is 5.19. The van der Waals surface area contributed by atoms with Crippen LogP contribution in [0.15, 0.2) is 34.3 Å². The number of nitrogens with one attached hydrogen (secondary N) is 3. The normalized spacial score (nSPS) is 12.9. The van der Waals surface area contributed by atoms with Crippen molar-refractivity contribution < 1.29 is 4.74 Å². The molecule has 6 nitrogen and oxygen atoms in total. The van der Waals surface area contributed by atoms with Gasteiger partial charge in [-0.05, 0) is 30.5 Å². The summed E-state index contributed by atoms with van der Waals surface area (Å²) in [5.41, 5.74) is 1.27. The Balaban J connectivity index is 0.00000420. The number of hydrogen-bond acceptors (Lipinski definition) is 6. The Hall–Kier alpha value is -1.95. The molecular formula is C22H38ClN5O. The Kier molecular flexibility index (Phi) is 13.8. The number of guanidine groups is 2. The number of hydrogen-bond donors (Lipinski definition) is 3. The van der Waals surface area contributed by atoms with Gasteiger partial charge < -0.3 is 15.4 Å². The van der Waals surface area contributed by atoms with Crippen LogP contribution >= 0.6 is 12.4 Å². The lowest BCUT2D eigenvalue weighted by Gasteiger charge is -2.18. The lowest BCUT2D eigenvalue weighted by molar-refractivity contribution is 0.414. The molecule has 164 valence electrons. The van der Waals surface area contributed by atoms with E-state index < -0.39 is 0 Å². The number of ether oxygens (including phenoxy) is 1. The largest absolute Gasteiger partial charge is 0.497 e. The van der Waals surface area contributed by atoms with Crippen LogP contribution in [0, 0.1) is 0 Å². The second-order valence-electron chi connectivity index (χ2n) is 7.21. The number of aliphatic imine (C=N–C) groups is 2. The second kappa shape index (κ2) is 15.9. The molecule has 0 saturated heterocycles. The van der Waals surface area contributed by atoms with E-state index in [0.717, 1.165) is 37.2 Å². The fourth-order valence-electron chi connectivity index (χ4n) is 3.15. The Labute approximate surface area is 182 Å². The summed E-state index contributed by atoms with van der Waals surface area (Å²) in [7, 11) is 1.69. The minimum atomic E-state index is 0. The molecular weight excluding hydrogens is 386 g/mol. The van der Waals surface area contributed by atoms with Gasteiger partial charge in [0.05, 0.1) is 7.11 Å². The molecule has 0 bridgehead atoms. The lowest BCUT2D eigenvalue weighted by atomic mass is 10.1. The van der Waals surface area contributed by atoms with Crippen molar-refractivity contribution in [2.75, 3.05) is 26.9 Å². The zero-order chi connectivity index (χ0) is 19.9. The number of methoxy groups -OCH3 is 1. The highest BCUT2D eigenvalue weighted by Crippen LogP contribution is 2.11. The topological polar surface area (TPSA) is 70.0 Å². The Morgan fingerprint density at radius 3 is 2.07 bits per heavy atom. The van der Waals surface area contributed by atoms with Crippen LogP contribution in [0.1, 0.15) is 63.9 Å². The molecule has 0 amide bonds. The van der Waals surface area contributed by atoms with Gasteiger partial charge in [-0.1, -0.05) is 64.0 Å². The van der Waals surface area contributed by atoms with Crippen LogP contribution in [0.3, 0.4) is 0 Å². The van der Waals surface area contributed by atoms with Crippen molar-refractivity contribution in [1.82, 2.24) is 16.0 Å². The van der Waals surface area contributed by atoms with Crippen LogP contribution in [0.2, 0.25) is 0 Å². The van der Waals surface area contributed by atoms with Crippen LogP contribution in [-0.4, -0.2) is 38.8 Å². The highest BCUT2D eigenvalue weighted by Gasteiger charge is 2.07. The summed E-state index contributed by atoms with van der Waals surface area (Å²) in [5.74, 6) is 2.50. The Bertz CT molecular complexity index is 604. The number of unbranched alkanes of at least 4 members (excludes halogenated alkanes) is 7. The number of halogens is 1. The first-order valence-corrected chi connectivity index (χ1v) is 10.8. The van der Waals surface area contributed by atoms with Crippen LogP contribution in [0.25, 0.3) is 0 Å². The molecule has 1 aromatic carbocycles. The minimum Gasteiger partial charge on any atom is -0.497 e. The van der Waals surface area contributed by atoms with E-state index in [-0.39, 0.29) is 12.4 Å². The van der Waals surface area contributed by atoms with Gasteiger partial charge in [-0.25, -0.2) is 9.98 Å².